The van der Waals surface area contributed by atoms with Gasteiger partial charge in [0.1, 0.15) is 23.9 Å². The van der Waals surface area contributed by atoms with Gasteiger partial charge in [0.2, 0.25) is 23.6 Å². The van der Waals surface area contributed by atoms with Crippen molar-refractivity contribution in [3.05, 3.63) is 29.8 Å². The molecule has 9 N–H and O–H groups in total. The maximum absolute atomic E-state index is 12.8. The molecule has 0 aliphatic heterocycles. The van der Waals surface area contributed by atoms with E-state index < -0.39 is 53.8 Å². The maximum atomic E-state index is 12.8. The lowest BCUT2D eigenvalue weighted by Gasteiger charge is -2.26. The topological polar surface area (TPSA) is 214 Å². The highest BCUT2D eigenvalue weighted by atomic mass is 32.1. The lowest BCUT2D eigenvalue weighted by molar-refractivity contribution is -0.142. The van der Waals surface area contributed by atoms with Crippen molar-refractivity contribution in [1.82, 2.24) is 16.0 Å². The first-order chi connectivity index (χ1) is 16.3. The van der Waals surface area contributed by atoms with Crippen LogP contribution < -0.4 is 27.4 Å². The van der Waals surface area contributed by atoms with Crippen LogP contribution in [0.1, 0.15) is 32.3 Å². The lowest BCUT2D eigenvalue weighted by atomic mass is 10.0. The third kappa shape index (κ3) is 10.2. The van der Waals surface area contributed by atoms with Crippen molar-refractivity contribution >= 4 is 42.2 Å². The van der Waals surface area contributed by atoms with Crippen molar-refractivity contribution in [2.45, 2.75) is 57.3 Å². The fourth-order valence-electron chi connectivity index (χ4n) is 3.02. The number of nitrogens with two attached hydrogens (primary N) is 2. The number of aromatic hydroxyl groups is 1. The highest BCUT2D eigenvalue weighted by Gasteiger charge is 2.31. The Balaban J connectivity index is 2.83. The van der Waals surface area contributed by atoms with E-state index in [1.807, 2.05) is 0 Å². The van der Waals surface area contributed by atoms with Crippen molar-refractivity contribution in [1.29, 1.82) is 0 Å². The summed E-state index contributed by atoms with van der Waals surface area (Å²) in [4.78, 5) is 60.4. The second kappa shape index (κ2) is 14.2. The molecule has 0 radical (unpaired) electrons. The number of aliphatic carboxylic acids is 1. The predicted molar refractivity (Wildman–Crippen MR) is 130 cm³/mol. The SMILES string of the molecule is CC(C)C(NC(=O)C(N)CCC(N)=O)C(=O)NC(CS)C(=O)NC(Cc1ccc(O)cc1)C(=O)O. The Morgan fingerprint density at radius 3 is 2.00 bits per heavy atom. The van der Waals surface area contributed by atoms with Crippen LogP contribution in [0.25, 0.3) is 0 Å². The molecule has 0 spiro atoms. The Morgan fingerprint density at radius 2 is 1.51 bits per heavy atom. The summed E-state index contributed by atoms with van der Waals surface area (Å²) >= 11 is 4.08. The summed E-state index contributed by atoms with van der Waals surface area (Å²) < 4.78 is 0. The minimum atomic E-state index is -1.30. The van der Waals surface area contributed by atoms with Crippen LogP contribution in [0.4, 0.5) is 0 Å². The monoisotopic (exact) mass is 511 g/mol. The van der Waals surface area contributed by atoms with Crippen LogP contribution in [-0.2, 0) is 30.4 Å². The van der Waals surface area contributed by atoms with E-state index >= 15 is 0 Å². The first-order valence-electron chi connectivity index (χ1n) is 10.9. The van der Waals surface area contributed by atoms with Gasteiger partial charge in [0.25, 0.3) is 0 Å². The van der Waals surface area contributed by atoms with Crippen LogP contribution in [0, 0.1) is 5.92 Å². The van der Waals surface area contributed by atoms with E-state index in [2.05, 4.69) is 28.6 Å². The minimum absolute atomic E-state index is 0.00683. The molecule has 4 atom stereocenters. The standard InChI is InChI=1S/C22H33N5O7S/c1-11(2)18(27-19(30)14(23)7-8-17(24)29)21(32)26-16(10-35)20(31)25-15(22(33)34)9-12-3-5-13(28)6-4-12/h3-6,11,14-16,18,28,35H,7-10,23H2,1-2H3,(H2,24,29)(H,25,31)(H,26,32)(H,27,30)(H,33,34). The third-order valence-corrected chi connectivity index (χ3v) is 5.46. The van der Waals surface area contributed by atoms with Crippen LogP contribution in [0.15, 0.2) is 24.3 Å². The van der Waals surface area contributed by atoms with Crippen molar-refractivity contribution in [3.63, 3.8) is 0 Å². The van der Waals surface area contributed by atoms with Crippen LogP contribution in [0.3, 0.4) is 0 Å². The van der Waals surface area contributed by atoms with Gasteiger partial charge in [-0.25, -0.2) is 4.79 Å². The number of amides is 4. The first kappa shape index (κ1) is 29.7. The molecule has 0 saturated heterocycles. The van der Waals surface area contributed by atoms with Gasteiger partial charge in [-0.2, -0.15) is 12.6 Å². The zero-order chi connectivity index (χ0) is 26.7. The molecule has 35 heavy (non-hydrogen) atoms. The number of carbonyl (C=O) groups is 5. The van der Waals surface area contributed by atoms with Crippen LogP contribution in [-0.4, -0.2) is 69.7 Å². The number of hydrogen-bond donors (Lipinski definition) is 8. The Labute approximate surface area is 208 Å². The smallest absolute Gasteiger partial charge is 0.326 e. The summed E-state index contributed by atoms with van der Waals surface area (Å²) in [6.07, 6.45) is -0.140. The van der Waals surface area contributed by atoms with Gasteiger partial charge in [-0.1, -0.05) is 26.0 Å². The molecule has 194 valence electrons. The summed E-state index contributed by atoms with van der Waals surface area (Å²) in [5, 5.41) is 26.2. The van der Waals surface area contributed by atoms with Gasteiger partial charge in [0.15, 0.2) is 0 Å². The fourth-order valence-corrected chi connectivity index (χ4v) is 3.28. The van der Waals surface area contributed by atoms with Gasteiger partial charge in [0, 0.05) is 18.6 Å². The molecule has 4 amide bonds. The molecule has 4 unspecified atom stereocenters. The zero-order valence-electron chi connectivity index (χ0n) is 19.6. The minimum Gasteiger partial charge on any atom is -0.508 e. The summed E-state index contributed by atoms with van der Waals surface area (Å²) in [5.41, 5.74) is 11.4. The molecule has 0 aromatic heterocycles. The van der Waals surface area contributed by atoms with Crippen molar-refractivity contribution in [2.24, 2.45) is 17.4 Å². The van der Waals surface area contributed by atoms with Gasteiger partial charge in [-0.15, -0.1) is 0 Å². The number of benzene rings is 1. The molecule has 0 heterocycles. The van der Waals surface area contributed by atoms with E-state index in [0.29, 0.717) is 5.56 Å². The lowest BCUT2D eigenvalue weighted by Crippen LogP contribution is -2.59. The Hall–Kier alpha value is -3.32. The average molecular weight is 512 g/mol. The van der Waals surface area contributed by atoms with E-state index in [1.54, 1.807) is 13.8 Å². The second-order valence-electron chi connectivity index (χ2n) is 8.36. The first-order valence-corrected chi connectivity index (χ1v) is 11.6. The molecule has 12 nitrogen and oxygen atoms in total. The number of carboxylic acid groups (broad SMARTS) is 1. The van der Waals surface area contributed by atoms with Crippen LogP contribution in [0.5, 0.6) is 5.75 Å². The molecule has 0 aliphatic carbocycles. The number of nitrogens with one attached hydrogen (secondary N) is 3. The van der Waals surface area contributed by atoms with Crippen LogP contribution in [0.2, 0.25) is 0 Å². The normalized spacial score (nSPS) is 14.3. The van der Waals surface area contributed by atoms with Gasteiger partial charge in [0.05, 0.1) is 6.04 Å². The molecule has 1 aromatic rings. The number of phenols is 1. The maximum Gasteiger partial charge on any atom is 0.326 e. The second-order valence-corrected chi connectivity index (χ2v) is 8.72. The molecule has 0 saturated carbocycles. The van der Waals surface area contributed by atoms with E-state index in [0.717, 1.165) is 0 Å². The van der Waals surface area contributed by atoms with Crippen molar-refractivity contribution in [3.8, 4) is 5.75 Å². The number of phenolic OH excluding ortho intramolecular Hbond substituents is 1. The molecule has 1 rings (SSSR count). The van der Waals surface area contributed by atoms with Crippen LogP contribution >= 0.6 is 12.6 Å². The van der Waals surface area contributed by atoms with E-state index in [4.69, 9.17) is 11.5 Å². The Morgan fingerprint density at radius 1 is 0.943 bits per heavy atom. The number of thiol groups is 1. The molecular weight excluding hydrogens is 478 g/mol. The molecule has 13 heteroatoms. The molecule has 0 bridgehead atoms. The summed E-state index contributed by atoms with van der Waals surface area (Å²) in [7, 11) is 0. The van der Waals surface area contributed by atoms with E-state index in [-0.39, 0.29) is 36.7 Å². The number of primary amides is 1. The Kier molecular flexibility index (Phi) is 12.0. The number of rotatable bonds is 14. The largest absolute Gasteiger partial charge is 0.508 e. The third-order valence-electron chi connectivity index (χ3n) is 5.09. The average Bonchev–Trinajstić information content (AvgIpc) is 2.79. The summed E-state index contributed by atoms with van der Waals surface area (Å²) in [6.45, 7) is 3.35. The van der Waals surface area contributed by atoms with Crippen molar-refractivity contribution < 1.29 is 34.2 Å². The number of carboxylic acids is 1. The molecule has 1 aromatic carbocycles. The Bertz CT molecular complexity index is 910. The molecular formula is C22H33N5O7S. The number of carbonyl (C=O) groups excluding carboxylic acids is 4. The number of hydrogen-bond acceptors (Lipinski definition) is 8. The van der Waals surface area contributed by atoms with Gasteiger partial charge in [-0.3, -0.25) is 19.2 Å². The highest BCUT2D eigenvalue weighted by Crippen LogP contribution is 2.12. The quantitative estimate of drug-likeness (QED) is 0.139. The van der Waals surface area contributed by atoms with Gasteiger partial charge in [-0.05, 0) is 30.0 Å². The summed E-state index contributed by atoms with van der Waals surface area (Å²) in [6, 6.07) is 1.25. The highest BCUT2D eigenvalue weighted by molar-refractivity contribution is 7.80. The molecule has 0 fully saturated rings. The molecule has 0 aliphatic rings. The van der Waals surface area contributed by atoms with E-state index in [9.17, 15) is 34.2 Å². The fraction of sp³-hybridized carbons (Fsp3) is 0.500. The van der Waals surface area contributed by atoms with E-state index in [1.165, 1.54) is 24.3 Å². The van der Waals surface area contributed by atoms with Crippen molar-refractivity contribution in [2.75, 3.05) is 5.75 Å². The van der Waals surface area contributed by atoms with Gasteiger partial charge >= 0.3 is 5.97 Å². The van der Waals surface area contributed by atoms with Gasteiger partial charge < -0.3 is 37.6 Å². The predicted octanol–water partition coefficient (Wildman–Crippen LogP) is -1.35. The zero-order valence-corrected chi connectivity index (χ0v) is 20.5. The summed E-state index contributed by atoms with van der Waals surface area (Å²) in [5.74, 6) is -4.52.